The Bertz CT molecular complexity index is 979. The number of carbonyl (C=O) groups is 1. The van der Waals surface area contributed by atoms with E-state index in [1.54, 1.807) is 29.2 Å². The number of benzene rings is 1. The monoisotopic (exact) mass is 471 g/mol. The summed E-state index contributed by atoms with van der Waals surface area (Å²) in [4.78, 5) is 23.5. The lowest BCUT2D eigenvalue weighted by Crippen LogP contribution is -2.43. The molecule has 2 atom stereocenters. The minimum Gasteiger partial charge on any atom is -0.392 e. The van der Waals surface area contributed by atoms with Gasteiger partial charge >= 0.3 is 0 Å². The number of carbonyl (C=O) groups excluding carboxylic acids is 1. The largest absolute Gasteiger partial charge is 0.392 e. The zero-order valence-electron chi connectivity index (χ0n) is 21.3. The number of nitrogens with zero attached hydrogens (tertiary/aromatic N) is 3. The maximum Gasteiger partial charge on any atom is 0.225 e. The van der Waals surface area contributed by atoms with Crippen LogP contribution >= 0.6 is 0 Å². The summed E-state index contributed by atoms with van der Waals surface area (Å²) in [6.45, 7) is 13.6. The van der Waals surface area contributed by atoms with Crippen molar-refractivity contribution < 1.29 is 19.4 Å². The first kappa shape index (κ1) is 27.6. The van der Waals surface area contributed by atoms with Crippen molar-refractivity contribution in [3.05, 3.63) is 53.2 Å². The average Bonchev–Trinajstić information content (AvgIpc) is 2.71. The highest BCUT2D eigenvalue weighted by atomic mass is 19.1. The fourth-order valence-electron chi connectivity index (χ4n) is 4.16. The van der Waals surface area contributed by atoms with E-state index >= 15 is 0 Å². The van der Waals surface area contributed by atoms with Crippen LogP contribution in [-0.2, 0) is 4.79 Å². The first-order valence-corrected chi connectivity index (χ1v) is 11.9. The van der Waals surface area contributed by atoms with E-state index in [0.717, 1.165) is 16.8 Å². The first-order valence-electron chi connectivity index (χ1n) is 11.9. The van der Waals surface area contributed by atoms with Crippen LogP contribution in [0.3, 0.4) is 0 Å². The van der Waals surface area contributed by atoms with E-state index < -0.39 is 12.2 Å². The van der Waals surface area contributed by atoms with Gasteiger partial charge in [0.25, 0.3) is 0 Å². The van der Waals surface area contributed by atoms with Gasteiger partial charge in [-0.2, -0.15) is 0 Å². The van der Waals surface area contributed by atoms with Crippen LogP contribution in [-0.4, -0.2) is 55.3 Å². The Morgan fingerprint density at radius 2 is 1.62 bits per heavy atom. The summed E-state index contributed by atoms with van der Waals surface area (Å²) >= 11 is 0. The van der Waals surface area contributed by atoms with E-state index in [2.05, 4.69) is 9.97 Å². The molecule has 2 rings (SSSR count). The molecule has 0 aliphatic carbocycles. The van der Waals surface area contributed by atoms with Gasteiger partial charge in [-0.05, 0) is 64.8 Å². The summed E-state index contributed by atoms with van der Waals surface area (Å²) in [5.74, 6) is 0.234. The van der Waals surface area contributed by atoms with Gasteiger partial charge in [0.15, 0.2) is 0 Å². The predicted molar refractivity (Wildman–Crippen MR) is 134 cm³/mol. The lowest BCUT2D eigenvalue weighted by molar-refractivity contribution is -0.137. The van der Waals surface area contributed by atoms with Gasteiger partial charge in [-0.3, -0.25) is 4.79 Å². The predicted octanol–water partition coefficient (Wildman–Crippen LogP) is 4.88. The lowest BCUT2D eigenvalue weighted by Gasteiger charge is -2.31. The zero-order chi connectivity index (χ0) is 25.6. The molecule has 0 aliphatic heterocycles. The number of aromatic nitrogens is 2. The molecule has 0 bridgehead atoms. The zero-order valence-corrected chi connectivity index (χ0v) is 21.3. The van der Waals surface area contributed by atoms with Gasteiger partial charge < -0.3 is 15.1 Å². The van der Waals surface area contributed by atoms with Crippen molar-refractivity contribution >= 4 is 12.0 Å². The third-order valence-corrected chi connectivity index (χ3v) is 5.56. The third-order valence-electron chi connectivity index (χ3n) is 5.56. The highest BCUT2D eigenvalue weighted by molar-refractivity contribution is 5.77. The van der Waals surface area contributed by atoms with Crippen molar-refractivity contribution in [3.63, 3.8) is 0 Å². The fraction of sp³-hybridized carbons (Fsp3) is 0.519. The average molecular weight is 472 g/mol. The molecule has 6 nitrogen and oxygen atoms in total. The molecule has 2 aromatic rings. The first-order chi connectivity index (χ1) is 15.9. The van der Waals surface area contributed by atoms with Crippen LogP contribution in [0.25, 0.3) is 17.3 Å². The van der Waals surface area contributed by atoms with Crippen molar-refractivity contribution in [2.45, 2.75) is 91.5 Å². The Morgan fingerprint density at radius 1 is 1.03 bits per heavy atom. The molecule has 0 saturated carbocycles. The molecule has 1 amide bonds. The molecule has 1 heterocycles. The van der Waals surface area contributed by atoms with Crippen LogP contribution in [0.1, 0.15) is 77.4 Å². The number of halogens is 1. The summed E-state index contributed by atoms with van der Waals surface area (Å²) < 4.78 is 13.5. The molecule has 1 aromatic carbocycles. The molecule has 34 heavy (non-hydrogen) atoms. The third kappa shape index (κ3) is 7.43. The molecular weight excluding hydrogens is 433 g/mol. The Morgan fingerprint density at radius 3 is 2.15 bits per heavy atom. The molecule has 1 aromatic heterocycles. The van der Waals surface area contributed by atoms with Crippen LogP contribution in [0.15, 0.2) is 30.3 Å². The molecule has 0 radical (unpaired) electrons. The van der Waals surface area contributed by atoms with Gasteiger partial charge in [0, 0.05) is 29.6 Å². The summed E-state index contributed by atoms with van der Waals surface area (Å²) in [5.41, 5.74) is 2.95. The van der Waals surface area contributed by atoms with E-state index in [-0.39, 0.29) is 42.6 Å². The number of rotatable bonds is 10. The minimum absolute atomic E-state index is 0.0296. The summed E-state index contributed by atoms with van der Waals surface area (Å²) in [7, 11) is 0. The SMILES string of the molecule is Cc1nc(-c2ccc(F)cc2)c(/C=C/[C@@H](O)C[C@@H](O)CC(=O)N(C(C)C)C(C)C)c(C(C)C)n1. The number of hydrogen-bond donors (Lipinski definition) is 2. The Kier molecular flexibility index (Phi) is 9.89. The topological polar surface area (TPSA) is 86.6 Å². The fourth-order valence-corrected chi connectivity index (χ4v) is 4.16. The molecule has 0 fully saturated rings. The van der Waals surface area contributed by atoms with E-state index in [1.165, 1.54) is 12.1 Å². The normalized spacial score (nSPS) is 13.8. The van der Waals surface area contributed by atoms with Gasteiger partial charge in [0.05, 0.1) is 30.0 Å². The maximum absolute atomic E-state index is 13.5. The second-order valence-corrected chi connectivity index (χ2v) is 9.59. The standard InChI is InChI=1S/C27H38FN3O3/c1-16(2)26-24(27(30-19(7)29-26)20-8-10-21(28)11-9-20)13-12-22(32)14-23(33)15-25(34)31(17(3)4)18(5)6/h8-13,16-18,22-23,32-33H,14-15H2,1-7H3/b13-12+/t22-,23-/m1/s1. The van der Waals surface area contributed by atoms with Crippen molar-refractivity contribution in [3.8, 4) is 11.3 Å². The number of amides is 1. The highest BCUT2D eigenvalue weighted by Gasteiger charge is 2.23. The van der Waals surface area contributed by atoms with E-state index in [1.807, 2.05) is 48.5 Å². The Labute approximate surface area is 202 Å². The lowest BCUT2D eigenvalue weighted by atomic mass is 9.97. The van der Waals surface area contributed by atoms with Crippen molar-refractivity contribution in [1.29, 1.82) is 0 Å². The second-order valence-electron chi connectivity index (χ2n) is 9.59. The van der Waals surface area contributed by atoms with Crippen LogP contribution < -0.4 is 0 Å². The van der Waals surface area contributed by atoms with E-state index in [0.29, 0.717) is 11.5 Å². The van der Waals surface area contributed by atoms with Gasteiger partial charge in [-0.25, -0.2) is 14.4 Å². The van der Waals surface area contributed by atoms with Gasteiger partial charge in [-0.15, -0.1) is 0 Å². The molecule has 0 aliphatic rings. The van der Waals surface area contributed by atoms with Crippen LogP contribution in [0.4, 0.5) is 4.39 Å². The van der Waals surface area contributed by atoms with Crippen molar-refractivity contribution in [2.24, 2.45) is 0 Å². The number of aliphatic hydroxyl groups excluding tert-OH is 2. The summed E-state index contributed by atoms with van der Waals surface area (Å²) in [5, 5.41) is 21.0. The summed E-state index contributed by atoms with van der Waals surface area (Å²) in [6.07, 6.45) is 1.39. The molecule has 0 unspecified atom stereocenters. The molecular formula is C27H38FN3O3. The number of aryl methyl sites for hydroxylation is 1. The van der Waals surface area contributed by atoms with E-state index in [9.17, 15) is 19.4 Å². The Hall–Kier alpha value is -2.64. The Balaban J connectivity index is 2.25. The quantitative estimate of drug-likeness (QED) is 0.516. The number of aliphatic hydroxyl groups is 2. The van der Waals surface area contributed by atoms with E-state index in [4.69, 9.17) is 0 Å². The molecule has 7 heteroatoms. The molecule has 2 N–H and O–H groups in total. The van der Waals surface area contributed by atoms with Crippen molar-refractivity contribution in [1.82, 2.24) is 14.9 Å². The highest BCUT2D eigenvalue weighted by Crippen LogP contribution is 2.29. The van der Waals surface area contributed by atoms with Crippen LogP contribution in [0.2, 0.25) is 0 Å². The van der Waals surface area contributed by atoms with Gasteiger partial charge in [0.1, 0.15) is 11.6 Å². The van der Waals surface area contributed by atoms with Gasteiger partial charge in [0.2, 0.25) is 5.91 Å². The molecule has 186 valence electrons. The number of hydrogen-bond acceptors (Lipinski definition) is 5. The van der Waals surface area contributed by atoms with Crippen molar-refractivity contribution in [2.75, 3.05) is 0 Å². The smallest absolute Gasteiger partial charge is 0.225 e. The maximum atomic E-state index is 13.5. The van der Waals surface area contributed by atoms with Gasteiger partial charge in [-0.1, -0.05) is 26.0 Å². The summed E-state index contributed by atoms with van der Waals surface area (Å²) in [6, 6.07) is 6.17. The second kappa shape index (κ2) is 12.2. The van der Waals surface area contributed by atoms with Crippen LogP contribution in [0, 0.1) is 12.7 Å². The molecule has 0 spiro atoms. The van der Waals surface area contributed by atoms with Crippen LogP contribution in [0.5, 0.6) is 0 Å². The molecule has 0 saturated heterocycles. The minimum atomic E-state index is -0.970.